The van der Waals surface area contributed by atoms with Gasteiger partial charge in [-0.05, 0) is 37.2 Å². The molecule has 0 unspecified atom stereocenters. The molecule has 0 bridgehead atoms. The number of likely N-dealkylation sites (tertiary alicyclic amines) is 1. The number of carbonyl (C=O) groups excluding carboxylic acids is 1. The van der Waals surface area contributed by atoms with Gasteiger partial charge >= 0.3 is 0 Å². The van der Waals surface area contributed by atoms with Crippen LogP contribution in [-0.2, 0) is 0 Å². The van der Waals surface area contributed by atoms with Crippen molar-refractivity contribution in [3.8, 4) is 0 Å². The SMILES string of the molecule is C[C@@H]1CCN(C(=O)c2[nH]c3ccccc3c2Cl)[C@H]2CCCC[C@H]12. The summed E-state index contributed by atoms with van der Waals surface area (Å²) in [5.41, 5.74) is 1.50. The van der Waals surface area contributed by atoms with Crippen molar-refractivity contribution in [3.63, 3.8) is 0 Å². The van der Waals surface area contributed by atoms with E-state index in [1.165, 1.54) is 19.3 Å². The fraction of sp³-hybridized carbons (Fsp3) is 0.526. The lowest BCUT2D eigenvalue weighted by atomic mass is 9.72. The molecule has 4 rings (SSSR count). The number of benzene rings is 1. The van der Waals surface area contributed by atoms with Crippen LogP contribution in [0.15, 0.2) is 24.3 Å². The minimum atomic E-state index is 0.0787. The Morgan fingerprint density at radius 2 is 2.00 bits per heavy atom. The second kappa shape index (κ2) is 5.86. The molecule has 1 N–H and O–H groups in total. The number of aromatic nitrogens is 1. The third kappa shape index (κ3) is 2.46. The number of hydrogen-bond donors (Lipinski definition) is 1. The fourth-order valence-electron chi connectivity index (χ4n) is 4.56. The van der Waals surface area contributed by atoms with E-state index in [4.69, 9.17) is 11.6 Å². The fourth-order valence-corrected chi connectivity index (χ4v) is 4.86. The van der Waals surface area contributed by atoms with E-state index < -0.39 is 0 Å². The van der Waals surface area contributed by atoms with Crippen LogP contribution in [0.25, 0.3) is 10.9 Å². The zero-order valence-corrected chi connectivity index (χ0v) is 14.3. The highest BCUT2D eigenvalue weighted by molar-refractivity contribution is 6.38. The molecule has 4 heteroatoms. The summed E-state index contributed by atoms with van der Waals surface area (Å²) in [6, 6.07) is 8.24. The van der Waals surface area contributed by atoms with E-state index in [9.17, 15) is 4.79 Å². The monoisotopic (exact) mass is 330 g/mol. The number of piperidine rings is 1. The molecule has 3 atom stereocenters. The molecule has 1 saturated carbocycles. The molecule has 3 nitrogen and oxygen atoms in total. The topological polar surface area (TPSA) is 36.1 Å². The van der Waals surface area contributed by atoms with Gasteiger partial charge in [-0.25, -0.2) is 0 Å². The van der Waals surface area contributed by atoms with Crippen molar-refractivity contribution in [2.45, 2.75) is 45.1 Å². The Morgan fingerprint density at radius 3 is 2.83 bits per heavy atom. The molecule has 122 valence electrons. The first-order valence-electron chi connectivity index (χ1n) is 8.74. The first-order chi connectivity index (χ1) is 11.2. The maximum absolute atomic E-state index is 13.2. The van der Waals surface area contributed by atoms with Crippen molar-refractivity contribution < 1.29 is 4.79 Å². The molecular formula is C19H23ClN2O. The second-order valence-corrected chi connectivity index (χ2v) is 7.52. The summed E-state index contributed by atoms with van der Waals surface area (Å²) in [5, 5.41) is 1.50. The predicted molar refractivity (Wildman–Crippen MR) is 93.9 cm³/mol. The summed E-state index contributed by atoms with van der Waals surface area (Å²) < 4.78 is 0. The smallest absolute Gasteiger partial charge is 0.272 e. The molecule has 2 aliphatic rings. The van der Waals surface area contributed by atoms with Gasteiger partial charge in [0.25, 0.3) is 5.91 Å². The third-order valence-electron chi connectivity index (χ3n) is 5.86. The number of halogens is 1. The molecule has 23 heavy (non-hydrogen) atoms. The van der Waals surface area contributed by atoms with Crippen LogP contribution >= 0.6 is 11.6 Å². The highest BCUT2D eigenvalue weighted by atomic mass is 35.5. The number of aromatic amines is 1. The average molecular weight is 331 g/mol. The first-order valence-corrected chi connectivity index (χ1v) is 9.12. The van der Waals surface area contributed by atoms with Gasteiger partial charge in [0.05, 0.1) is 5.02 Å². The number of fused-ring (bicyclic) bond motifs is 2. The van der Waals surface area contributed by atoms with Crippen LogP contribution in [-0.4, -0.2) is 28.4 Å². The Balaban J connectivity index is 1.68. The van der Waals surface area contributed by atoms with Gasteiger partial charge in [-0.3, -0.25) is 4.79 Å². The maximum Gasteiger partial charge on any atom is 0.272 e. The molecule has 0 spiro atoms. The Bertz CT molecular complexity index is 738. The number of hydrogen-bond acceptors (Lipinski definition) is 1. The number of amides is 1. The largest absolute Gasteiger partial charge is 0.349 e. The standard InChI is InChI=1S/C19H23ClN2O/c1-12-10-11-22(16-9-5-3-6-13(12)16)19(23)18-17(20)14-7-2-4-8-15(14)21-18/h2,4,7-8,12-13,16,21H,3,5-6,9-11H2,1H3/t12-,13-,16+/m1/s1. The lowest BCUT2D eigenvalue weighted by Gasteiger charge is -2.47. The summed E-state index contributed by atoms with van der Waals surface area (Å²) >= 11 is 6.50. The van der Waals surface area contributed by atoms with Gasteiger partial charge in [0.1, 0.15) is 5.69 Å². The van der Waals surface area contributed by atoms with Gasteiger partial charge < -0.3 is 9.88 Å². The van der Waals surface area contributed by atoms with Crippen molar-refractivity contribution in [1.82, 2.24) is 9.88 Å². The molecule has 1 aliphatic carbocycles. The summed E-state index contributed by atoms with van der Waals surface area (Å²) in [7, 11) is 0. The third-order valence-corrected chi connectivity index (χ3v) is 6.25. The Kier molecular flexibility index (Phi) is 3.84. The highest BCUT2D eigenvalue weighted by Crippen LogP contribution is 2.40. The summed E-state index contributed by atoms with van der Waals surface area (Å²) in [6.07, 6.45) is 6.04. The molecule has 2 fully saturated rings. The number of para-hydroxylation sites is 1. The maximum atomic E-state index is 13.2. The lowest BCUT2D eigenvalue weighted by molar-refractivity contribution is 0.0214. The van der Waals surface area contributed by atoms with Gasteiger partial charge in [-0.15, -0.1) is 0 Å². The number of nitrogens with zero attached hydrogens (tertiary/aromatic N) is 1. The van der Waals surface area contributed by atoms with Crippen molar-refractivity contribution in [2.75, 3.05) is 6.54 Å². The summed E-state index contributed by atoms with van der Waals surface area (Å²) in [4.78, 5) is 18.5. The number of rotatable bonds is 1. The Hall–Kier alpha value is -1.48. The minimum absolute atomic E-state index is 0.0787. The summed E-state index contributed by atoms with van der Waals surface area (Å²) in [5.74, 6) is 1.46. The first kappa shape index (κ1) is 15.1. The molecule has 0 radical (unpaired) electrons. The van der Waals surface area contributed by atoms with Gasteiger partial charge in [-0.1, -0.05) is 49.6 Å². The van der Waals surface area contributed by atoms with E-state index in [1.807, 2.05) is 24.3 Å². The molecule has 2 aromatic rings. The van der Waals surface area contributed by atoms with Crippen molar-refractivity contribution in [3.05, 3.63) is 35.0 Å². The van der Waals surface area contributed by atoms with Crippen LogP contribution in [0.2, 0.25) is 5.02 Å². The average Bonchev–Trinajstić information content (AvgIpc) is 2.92. The number of H-pyrrole nitrogens is 1. The molecule has 1 aliphatic heterocycles. The van der Waals surface area contributed by atoms with Crippen LogP contribution < -0.4 is 0 Å². The van der Waals surface area contributed by atoms with Crippen molar-refractivity contribution in [2.24, 2.45) is 11.8 Å². The van der Waals surface area contributed by atoms with E-state index in [2.05, 4.69) is 16.8 Å². The van der Waals surface area contributed by atoms with Crippen LogP contribution in [0, 0.1) is 11.8 Å². The Morgan fingerprint density at radius 1 is 1.22 bits per heavy atom. The quantitative estimate of drug-likeness (QED) is 0.796. The second-order valence-electron chi connectivity index (χ2n) is 7.14. The van der Waals surface area contributed by atoms with Crippen LogP contribution in [0.3, 0.4) is 0 Å². The van der Waals surface area contributed by atoms with Gasteiger partial charge in [-0.2, -0.15) is 0 Å². The zero-order valence-electron chi connectivity index (χ0n) is 13.5. The zero-order chi connectivity index (χ0) is 16.0. The highest BCUT2D eigenvalue weighted by Gasteiger charge is 2.40. The van der Waals surface area contributed by atoms with E-state index in [1.54, 1.807) is 0 Å². The van der Waals surface area contributed by atoms with Crippen molar-refractivity contribution >= 4 is 28.4 Å². The van der Waals surface area contributed by atoms with Gasteiger partial charge in [0.2, 0.25) is 0 Å². The van der Waals surface area contributed by atoms with Gasteiger partial charge in [0, 0.05) is 23.5 Å². The molecular weight excluding hydrogens is 308 g/mol. The van der Waals surface area contributed by atoms with E-state index in [0.29, 0.717) is 22.7 Å². The van der Waals surface area contributed by atoms with Crippen LogP contribution in [0.5, 0.6) is 0 Å². The number of nitrogens with one attached hydrogen (secondary N) is 1. The van der Waals surface area contributed by atoms with Crippen LogP contribution in [0.1, 0.15) is 49.5 Å². The van der Waals surface area contributed by atoms with Crippen LogP contribution in [0.4, 0.5) is 0 Å². The molecule has 1 saturated heterocycles. The predicted octanol–water partition coefficient (Wildman–Crippen LogP) is 4.86. The molecule has 1 aromatic carbocycles. The van der Waals surface area contributed by atoms with Crippen molar-refractivity contribution in [1.29, 1.82) is 0 Å². The van der Waals surface area contributed by atoms with E-state index in [-0.39, 0.29) is 5.91 Å². The van der Waals surface area contributed by atoms with Gasteiger partial charge in [0.15, 0.2) is 0 Å². The minimum Gasteiger partial charge on any atom is -0.349 e. The number of carbonyl (C=O) groups is 1. The molecule has 1 aromatic heterocycles. The summed E-state index contributed by atoms with van der Waals surface area (Å²) in [6.45, 7) is 3.20. The normalized spacial score (nSPS) is 27.9. The van der Waals surface area contributed by atoms with E-state index >= 15 is 0 Å². The van der Waals surface area contributed by atoms with E-state index in [0.717, 1.165) is 36.2 Å². The molecule has 1 amide bonds. The lowest BCUT2D eigenvalue weighted by Crippen LogP contribution is -2.52. The Labute approximate surface area is 142 Å². The molecule has 2 heterocycles.